The normalized spacial score (nSPS) is 24.6. The van der Waals surface area contributed by atoms with Crippen molar-refractivity contribution in [3.63, 3.8) is 0 Å². The van der Waals surface area contributed by atoms with E-state index < -0.39 is 0 Å². The van der Waals surface area contributed by atoms with Crippen molar-refractivity contribution in [1.82, 2.24) is 10.3 Å². The Bertz CT molecular complexity index is 340. The fourth-order valence-corrected chi connectivity index (χ4v) is 2.55. The van der Waals surface area contributed by atoms with Gasteiger partial charge >= 0.3 is 0 Å². The van der Waals surface area contributed by atoms with Crippen LogP contribution in [-0.2, 0) is 4.74 Å². The second-order valence-electron chi connectivity index (χ2n) is 3.95. The molecule has 1 aromatic heterocycles. The van der Waals surface area contributed by atoms with Crippen molar-refractivity contribution in [2.45, 2.75) is 25.9 Å². The predicted molar refractivity (Wildman–Crippen MR) is 62.6 cm³/mol. The monoisotopic (exact) mass is 240 g/mol. The smallest absolute Gasteiger partial charge is 0.270 e. The van der Waals surface area contributed by atoms with Crippen LogP contribution < -0.4 is 5.32 Å². The summed E-state index contributed by atoms with van der Waals surface area (Å²) in [6.07, 6.45) is 2.35. The number of carbonyl (C=O) groups is 1. The van der Waals surface area contributed by atoms with E-state index in [4.69, 9.17) is 4.74 Å². The number of thiazole rings is 1. The molecule has 0 saturated carbocycles. The van der Waals surface area contributed by atoms with E-state index in [-0.39, 0.29) is 5.91 Å². The van der Waals surface area contributed by atoms with E-state index in [9.17, 15) is 4.79 Å². The van der Waals surface area contributed by atoms with Crippen molar-refractivity contribution >= 4 is 17.2 Å². The number of hydrogen-bond donors (Lipinski definition) is 1. The van der Waals surface area contributed by atoms with Crippen LogP contribution in [0.2, 0.25) is 0 Å². The molecular formula is C11H16N2O2S. The Morgan fingerprint density at radius 1 is 1.75 bits per heavy atom. The van der Waals surface area contributed by atoms with E-state index in [0.29, 0.717) is 24.3 Å². The minimum Gasteiger partial charge on any atom is -0.378 e. The molecule has 1 amide bonds. The lowest BCUT2D eigenvalue weighted by Gasteiger charge is -2.16. The summed E-state index contributed by atoms with van der Waals surface area (Å²) in [6.45, 7) is 3.62. The highest BCUT2D eigenvalue weighted by molar-refractivity contribution is 7.07. The first-order chi connectivity index (χ1) is 7.81. The van der Waals surface area contributed by atoms with Crippen LogP contribution >= 0.6 is 11.3 Å². The third-order valence-electron chi connectivity index (χ3n) is 2.94. The van der Waals surface area contributed by atoms with Gasteiger partial charge in [0.2, 0.25) is 0 Å². The molecule has 1 fully saturated rings. The average Bonchev–Trinajstić information content (AvgIpc) is 2.96. The summed E-state index contributed by atoms with van der Waals surface area (Å²) in [7, 11) is 0. The van der Waals surface area contributed by atoms with E-state index in [2.05, 4.69) is 17.2 Å². The zero-order chi connectivity index (χ0) is 11.4. The van der Waals surface area contributed by atoms with Gasteiger partial charge < -0.3 is 10.1 Å². The van der Waals surface area contributed by atoms with Crippen molar-refractivity contribution in [1.29, 1.82) is 0 Å². The molecule has 2 rings (SSSR count). The number of nitrogens with one attached hydrogen (secondary N) is 1. The standard InChI is InChI=1S/C11H16N2O2S/c1-2-10-8(3-4-15-10)5-12-11(14)9-6-16-7-13-9/h6-8,10H,2-5H2,1H3,(H,12,14). The molecule has 0 bridgehead atoms. The number of rotatable bonds is 4. The Hall–Kier alpha value is -0.940. The van der Waals surface area contributed by atoms with Crippen LogP contribution in [0.25, 0.3) is 0 Å². The van der Waals surface area contributed by atoms with Gasteiger partial charge in [-0.1, -0.05) is 6.92 Å². The van der Waals surface area contributed by atoms with Gasteiger partial charge in [-0.3, -0.25) is 4.79 Å². The van der Waals surface area contributed by atoms with Gasteiger partial charge in [0.05, 0.1) is 11.6 Å². The molecule has 2 atom stereocenters. The van der Waals surface area contributed by atoms with Crippen molar-refractivity contribution < 1.29 is 9.53 Å². The molecule has 0 aliphatic carbocycles. The molecule has 4 nitrogen and oxygen atoms in total. The quantitative estimate of drug-likeness (QED) is 0.871. The summed E-state index contributed by atoms with van der Waals surface area (Å²) in [5, 5.41) is 4.68. The van der Waals surface area contributed by atoms with Gasteiger partial charge in [0.1, 0.15) is 5.69 Å². The zero-order valence-corrected chi connectivity index (χ0v) is 10.1. The van der Waals surface area contributed by atoms with E-state index in [1.54, 1.807) is 10.9 Å². The molecule has 2 heterocycles. The largest absolute Gasteiger partial charge is 0.378 e. The van der Waals surface area contributed by atoms with Gasteiger partial charge in [-0.15, -0.1) is 11.3 Å². The number of hydrogen-bond acceptors (Lipinski definition) is 4. The lowest BCUT2D eigenvalue weighted by Crippen LogP contribution is -2.32. The maximum Gasteiger partial charge on any atom is 0.270 e. The summed E-state index contributed by atoms with van der Waals surface area (Å²) in [5.41, 5.74) is 2.18. The first-order valence-corrected chi connectivity index (χ1v) is 6.53. The Labute approximate surface area is 99.0 Å². The topological polar surface area (TPSA) is 51.2 Å². The van der Waals surface area contributed by atoms with E-state index in [0.717, 1.165) is 19.4 Å². The summed E-state index contributed by atoms with van der Waals surface area (Å²) in [5.74, 6) is 0.371. The molecule has 0 radical (unpaired) electrons. The maximum absolute atomic E-state index is 11.6. The molecule has 0 spiro atoms. The fraction of sp³-hybridized carbons (Fsp3) is 0.636. The van der Waals surface area contributed by atoms with Crippen molar-refractivity contribution in [2.24, 2.45) is 5.92 Å². The second-order valence-corrected chi connectivity index (χ2v) is 4.67. The summed E-state index contributed by atoms with van der Waals surface area (Å²) in [4.78, 5) is 15.6. The molecule has 1 aliphatic heterocycles. The zero-order valence-electron chi connectivity index (χ0n) is 9.31. The van der Waals surface area contributed by atoms with Crippen LogP contribution in [0.3, 0.4) is 0 Å². The van der Waals surface area contributed by atoms with Gasteiger partial charge in [-0.2, -0.15) is 0 Å². The molecule has 1 N–H and O–H groups in total. The minimum atomic E-state index is -0.0806. The first kappa shape index (κ1) is 11.5. The van der Waals surface area contributed by atoms with Crippen LogP contribution in [0.15, 0.2) is 10.9 Å². The third-order valence-corrected chi connectivity index (χ3v) is 3.52. The third kappa shape index (κ3) is 2.59. The van der Waals surface area contributed by atoms with Gasteiger partial charge in [-0.25, -0.2) is 4.98 Å². The van der Waals surface area contributed by atoms with Crippen LogP contribution in [0.5, 0.6) is 0 Å². The Morgan fingerprint density at radius 2 is 2.62 bits per heavy atom. The molecule has 1 saturated heterocycles. The Balaban J connectivity index is 1.81. The first-order valence-electron chi connectivity index (χ1n) is 5.59. The highest BCUT2D eigenvalue weighted by atomic mass is 32.1. The van der Waals surface area contributed by atoms with Crippen LogP contribution in [0.4, 0.5) is 0 Å². The SMILES string of the molecule is CCC1OCCC1CNC(=O)c1cscn1. The van der Waals surface area contributed by atoms with Crippen LogP contribution in [0, 0.1) is 5.92 Å². The molecule has 2 unspecified atom stereocenters. The summed E-state index contributed by atoms with van der Waals surface area (Å²) >= 11 is 1.43. The summed E-state index contributed by atoms with van der Waals surface area (Å²) in [6, 6.07) is 0. The lowest BCUT2D eigenvalue weighted by molar-refractivity contribution is 0.0825. The van der Waals surface area contributed by atoms with Gasteiger partial charge in [0, 0.05) is 24.4 Å². The van der Waals surface area contributed by atoms with Crippen LogP contribution in [-0.4, -0.2) is 30.1 Å². The van der Waals surface area contributed by atoms with E-state index in [1.165, 1.54) is 11.3 Å². The molecular weight excluding hydrogens is 224 g/mol. The minimum absolute atomic E-state index is 0.0806. The highest BCUT2D eigenvalue weighted by Crippen LogP contribution is 2.22. The van der Waals surface area contributed by atoms with Crippen molar-refractivity contribution in [3.8, 4) is 0 Å². The van der Waals surface area contributed by atoms with Crippen molar-refractivity contribution in [2.75, 3.05) is 13.2 Å². The molecule has 1 aliphatic rings. The predicted octanol–water partition coefficient (Wildman–Crippen LogP) is 1.69. The number of aromatic nitrogens is 1. The number of nitrogens with zero attached hydrogens (tertiary/aromatic N) is 1. The number of amides is 1. The molecule has 0 aromatic carbocycles. The maximum atomic E-state index is 11.6. The summed E-state index contributed by atoms with van der Waals surface area (Å²) < 4.78 is 5.57. The highest BCUT2D eigenvalue weighted by Gasteiger charge is 2.26. The average molecular weight is 240 g/mol. The van der Waals surface area contributed by atoms with Gasteiger partial charge in [-0.05, 0) is 12.8 Å². The van der Waals surface area contributed by atoms with Gasteiger partial charge in [0.15, 0.2) is 0 Å². The Kier molecular flexibility index (Phi) is 3.90. The second kappa shape index (κ2) is 5.41. The Morgan fingerprint density at radius 3 is 3.31 bits per heavy atom. The van der Waals surface area contributed by atoms with E-state index in [1.807, 2.05) is 0 Å². The van der Waals surface area contributed by atoms with E-state index >= 15 is 0 Å². The van der Waals surface area contributed by atoms with Crippen LogP contribution in [0.1, 0.15) is 30.3 Å². The number of carbonyl (C=O) groups excluding carboxylic acids is 1. The number of ether oxygens (including phenoxy) is 1. The fourth-order valence-electron chi connectivity index (χ4n) is 2.02. The lowest BCUT2D eigenvalue weighted by atomic mass is 10.00. The molecule has 5 heteroatoms. The molecule has 88 valence electrons. The molecule has 16 heavy (non-hydrogen) atoms. The van der Waals surface area contributed by atoms with Crippen molar-refractivity contribution in [3.05, 3.63) is 16.6 Å². The van der Waals surface area contributed by atoms with Gasteiger partial charge in [0.25, 0.3) is 5.91 Å². The molecule has 1 aromatic rings.